The maximum absolute atomic E-state index is 10.9. The number of carboxylic acid groups (broad SMARTS) is 1. The molecule has 25 heavy (non-hydrogen) atoms. The van der Waals surface area contributed by atoms with Crippen LogP contribution in [0.15, 0.2) is 36.9 Å². The molecule has 0 heterocycles. The lowest BCUT2D eigenvalue weighted by atomic mass is 10.00. The Labute approximate surface area is 151 Å². The number of carboxylic acids is 1. The van der Waals surface area contributed by atoms with Gasteiger partial charge in [-0.2, -0.15) is 0 Å². The van der Waals surface area contributed by atoms with Crippen molar-refractivity contribution in [2.75, 3.05) is 0 Å². The molecule has 0 fully saturated rings. The van der Waals surface area contributed by atoms with Crippen molar-refractivity contribution in [3.63, 3.8) is 0 Å². The number of hydrogen-bond acceptors (Lipinski definition) is 3. The molecule has 1 aliphatic carbocycles. The molecule has 0 saturated carbocycles. The Bertz CT molecular complexity index is 561. The molecule has 0 unspecified atom stereocenters. The number of benzene rings is 1. The monoisotopic (exact) mass is 348 g/mol. The molecule has 0 bridgehead atoms. The van der Waals surface area contributed by atoms with E-state index in [0.717, 1.165) is 25.3 Å². The van der Waals surface area contributed by atoms with E-state index in [0.29, 0.717) is 12.0 Å². The van der Waals surface area contributed by atoms with Crippen LogP contribution in [0.25, 0.3) is 0 Å². The van der Waals surface area contributed by atoms with Crippen molar-refractivity contribution >= 4 is 5.97 Å². The first-order valence-corrected chi connectivity index (χ1v) is 8.89. The second-order valence-electron chi connectivity index (χ2n) is 6.06. The van der Waals surface area contributed by atoms with Crippen LogP contribution >= 0.6 is 0 Å². The second kappa shape index (κ2) is 13.1. The number of aromatic hydroxyl groups is 2. The van der Waals surface area contributed by atoms with Crippen molar-refractivity contribution in [2.24, 2.45) is 0 Å². The fourth-order valence-corrected chi connectivity index (χ4v) is 2.68. The maximum Gasteiger partial charge on any atom is 0.339 e. The first-order valence-electron chi connectivity index (χ1n) is 8.89. The minimum atomic E-state index is -1.16. The SMILES string of the molecule is C=C.CC1=CCCCC1.CCCCCc1cc(O)cc(O)c1C(=O)O. The number of phenols is 2. The summed E-state index contributed by atoms with van der Waals surface area (Å²) >= 11 is 0. The third kappa shape index (κ3) is 8.99. The van der Waals surface area contributed by atoms with Gasteiger partial charge < -0.3 is 15.3 Å². The zero-order chi connectivity index (χ0) is 19.2. The van der Waals surface area contributed by atoms with Crippen LogP contribution in [0.1, 0.15) is 74.7 Å². The summed E-state index contributed by atoms with van der Waals surface area (Å²) in [6, 6.07) is 2.45. The van der Waals surface area contributed by atoms with E-state index < -0.39 is 5.97 Å². The molecule has 4 nitrogen and oxygen atoms in total. The Morgan fingerprint density at radius 1 is 1.16 bits per heavy atom. The molecule has 0 spiro atoms. The fraction of sp³-hybridized carbons (Fsp3) is 0.476. The summed E-state index contributed by atoms with van der Waals surface area (Å²) in [5.41, 5.74) is 1.97. The minimum absolute atomic E-state index is 0.103. The number of allylic oxidation sites excluding steroid dienone is 2. The van der Waals surface area contributed by atoms with E-state index in [-0.39, 0.29) is 17.1 Å². The summed E-state index contributed by atoms with van der Waals surface area (Å²) in [6.45, 7) is 10.3. The van der Waals surface area contributed by atoms with Gasteiger partial charge in [0.1, 0.15) is 17.1 Å². The summed E-state index contributed by atoms with van der Waals surface area (Å²) in [5.74, 6) is -1.64. The second-order valence-corrected chi connectivity index (χ2v) is 6.06. The average molecular weight is 348 g/mol. The molecule has 0 atom stereocenters. The topological polar surface area (TPSA) is 77.8 Å². The van der Waals surface area contributed by atoms with E-state index >= 15 is 0 Å². The molecule has 2 rings (SSSR count). The van der Waals surface area contributed by atoms with Crippen molar-refractivity contribution in [2.45, 2.75) is 65.2 Å². The summed E-state index contributed by atoms with van der Waals surface area (Å²) in [5, 5.41) is 27.7. The molecule has 1 aromatic rings. The molecular weight excluding hydrogens is 316 g/mol. The van der Waals surface area contributed by atoms with Crippen molar-refractivity contribution in [1.29, 1.82) is 0 Å². The van der Waals surface area contributed by atoms with E-state index in [4.69, 9.17) is 5.11 Å². The van der Waals surface area contributed by atoms with Gasteiger partial charge in [0.15, 0.2) is 0 Å². The highest BCUT2D eigenvalue weighted by Gasteiger charge is 2.16. The molecular formula is C21H32O4. The molecule has 140 valence electrons. The zero-order valence-electron chi connectivity index (χ0n) is 15.6. The lowest BCUT2D eigenvalue weighted by molar-refractivity contribution is 0.0692. The number of unbranched alkanes of at least 4 members (excludes halogenated alkanes) is 2. The van der Waals surface area contributed by atoms with Gasteiger partial charge in [0.2, 0.25) is 0 Å². The van der Waals surface area contributed by atoms with Gasteiger partial charge in [-0.15, -0.1) is 13.2 Å². The van der Waals surface area contributed by atoms with Gasteiger partial charge in [-0.3, -0.25) is 0 Å². The highest BCUT2D eigenvalue weighted by atomic mass is 16.4. The zero-order valence-corrected chi connectivity index (χ0v) is 15.6. The van der Waals surface area contributed by atoms with Crippen molar-refractivity contribution in [3.05, 3.63) is 48.1 Å². The van der Waals surface area contributed by atoms with E-state index in [1.165, 1.54) is 31.7 Å². The van der Waals surface area contributed by atoms with Crippen LogP contribution in [-0.4, -0.2) is 21.3 Å². The van der Waals surface area contributed by atoms with Crippen LogP contribution in [0, 0.1) is 0 Å². The average Bonchev–Trinajstić information content (AvgIpc) is 2.57. The Kier molecular flexibility index (Phi) is 11.9. The molecule has 0 radical (unpaired) electrons. The Balaban J connectivity index is 0.000000530. The van der Waals surface area contributed by atoms with Crippen LogP contribution in [-0.2, 0) is 6.42 Å². The standard InChI is InChI=1S/C12H16O4.C7H12.C2H4/c1-2-3-4-5-8-6-9(13)7-10(14)11(8)12(15)16;1-7-5-3-2-4-6-7;1-2/h6-7,13-14H,2-5H2,1H3,(H,15,16);5H,2-4,6H2,1H3;1-2H2. The predicted molar refractivity (Wildman–Crippen MR) is 103 cm³/mol. The van der Waals surface area contributed by atoms with Gasteiger partial charge in [0, 0.05) is 6.07 Å². The van der Waals surface area contributed by atoms with Gasteiger partial charge in [-0.1, -0.05) is 31.4 Å². The Morgan fingerprint density at radius 2 is 1.84 bits per heavy atom. The predicted octanol–water partition coefficient (Wildman–Crippen LogP) is 5.84. The summed E-state index contributed by atoms with van der Waals surface area (Å²) in [4.78, 5) is 10.9. The lowest BCUT2D eigenvalue weighted by Crippen LogP contribution is -2.03. The number of hydrogen-bond donors (Lipinski definition) is 3. The molecule has 0 saturated heterocycles. The summed E-state index contributed by atoms with van der Waals surface area (Å²) in [6.07, 6.45) is 11.3. The summed E-state index contributed by atoms with van der Waals surface area (Å²) < 4.78 is 0. The van der Waals surface area contributed by atoms with Crippen molar-refractivity contribution < 1.29 is 20.1 Å². The third-order valence-electron chi connectivity index (χ3n) is 3.97. The van der Waals surface area contributed by atoms with Crippen LogP contribution in [0.5, 0.6) is 11.5 Å². The summed E-state index contributed by atoms with van der Waals surface area (Å²) in [7, 11) is 0. The van der Waals surface area contributed by atoms with Gasteiger partial charge in [-0.05, 0) is 57.1 Å². The molecule has 3 N–H and O–H groups in total. The van der Waals surface area contributed by atoms with Gasteiger partial charge in [0.25, 0.3) is 0 Å². The molecule has 1 aliphatic rings. The molecule has 1 aromatic carbocycles. The van der Waals surface area contributed by atoms with Crippen LogP contribution in [0.3, 0.4) is 0 Å². The van der Waals surface area contributed by atoms with E-state index in [1.807, 2.05) is 0 Å². The van der Waals surface area contributed by atoms with Crippen molar-refractivity contribution in [3.8, 4) is 11.5 Å². The van der Waals surface area contributed by atoms with E-state index in [2.05, 4.69) is 33.1 Å². The third-order valence-corrected chi connectivity index (χ3v) is 3.97. The van der Waals surface area contributed by atoms with Crippen LogP contribution in [0.4, 0.5) is 0 Å². The molecule has 0 aliphatic heterocycles. The number of rotatable bonds is 5. The minimum Gasteiger partial charge on any atom is -0.508 e. The highest BCUT2D eigenvalue weighted by Crippen LogP contribution is 2.28. The van der Waals surface area contributed by atoms with Gasteiger partial charge >= 0.3 is 5.97 Å². The number of aryl methyl sites for hydroxylation is 1. The number of carbonyl (C=O) groups is 1. The van der Waals surface area contributed by atoms with Gasteiger partial charge in [-0.25, -0.2) is 4.79 Å². The highest BCUT2D eigenvalue weighted by molar-refractivity contribution is 5.92. The van der Waals surface area contributed by atoms with E-state index in [9.17, 15) is 15.0 Å². The molecule has 0 aromatic heterocycles. The lowest BCUT2D eigenvalue weighted by Gasteiger charge is -2.08. The first-order chi connectivity index (χ1) is 12.0. The quantitative estimate of drug-likeness (QED) is 0.461. The Morgan fingerprint density at radius 3 is 2.28 bits per heavy atom. The largest absolute Gasteiger partial charge is 0.508 e. The maximum atomic E-state index is 10.9. The number of aromatic carboxylic acids is 1. The first kappa shape index (κ1) is 22.8. The molecule has 4 heteroatoms. The smallest absolute Gasteiger partial charge is 0.339 e. The normalized spacial score (nSPS) is 12.8. The van der Waals surface area contributed by atoms with Crippen molar-refractivity contribution in [1.82, 2.24) is 0 Å². The molecule has 0 amide bonds. The van der Waals surface area contributed by atoms with E-state index in [1.54, 1.807) is 5.57 Å². The van der Waals surface area contributed by atoms with Crippen LogP contribution in [0.2, 0.25) is 0 Å². The van der Waals surface area contributed by atoms with Gasteiger partial charge in [0.05, 0.1) is 0 Å². The fourth-order valence-electron chi connectivity index (χ4n) is 2.68. The van der Waals surface area contributed by atoms with Crippen LogP contribution < -0.4 is 0 Å². The number of phenolic OH excluding ortho intramolecular Hbond substituents is 1. The Hall–Kier alpha value is -2.23.